The van der Waals surface area contributed by atoms with Crippen molar-refractivity contribution in [1.82, 2.24) is 10.6 Å². The molecule has 1 aromatic carbocycles. The Morgan fingerprint density at radius 1 is 1.38 bits per heavy atom. The molecular weight excluding hydrogens is 284 g/mol. The molecule has 0 radical (unpaired) electrons. The highest BCUT2D eigenvalue weighted by Gasteiger charge is 2.16. The fraction of sp³-hybridized carbons (Fsp3) is 0.588. The van der Waals surface area contributed by atoms with Crippen LogP contribution in [0.2, 0.25) is 0 Å². The van der Waals surface area contributed by atoms with Gasteiger partial charge in [0.1, 0.15) is 0 Å². The number of carbonyl (C=O) groups excluding carboxylic acids is 1. The summed E-state index contributed by atoms with van der Waals surface area (Å²) >= 11 is 0. The van der Waals surface area contributed by atoms with E-state index in [-0.39, 0.29) is 24.4 Å². The van der Waals surface area contributed by atoms with Crippen LogP contribution < -0.4 is 10.6 Å². The Labute approximate surface area is 134 Å². The van der Waals surface area contributed by atoms with Crippen molar-refractivity contribution in [2.24, 2.45) is 5.92 Å². The van der Waals surface area contributed by atoms with Crippen molar-refractivity contribution in [2.45, 2.75) is 45.1 Å². The first-order chi connectivity index (χ1) is 9.74. The summed E-state index contributed by atoms with van der Waals surface area (Å²) < 4.78 is 0. The summed E-state index contributed by atoms with van der Waals surface area (Å²) in [5, 5.41) is 6.46. The zero-order valence-electron chi connectivity index (χ0n) is 12.8. The molecule has 2 atom stereocenters. The number of benzene rings is 1. The van der Waals surface area contributed by atoms with E-state index in [1.165, 1.54) is 12.0 Å². The SMILES string of the molecule is CC(CCc1ccccc1)NC(=O)CCC1CCNC1.Cl. The lowest BCUT2D eigenvalue weighted by molar-refractivity contribution is -0.122. The minimum atomic E-state index is 0. The number of nitrogens with one attached hydrogen (secondary N) is 2. The highest BCUT2D eigenvalue weighted by molar-refractivity contribution is 5.85. The molecule has 2 N–H and O–H groups in total. The third-order valence-corrected chi connectivity index (χ3v) is 4.06. The van der Waals surface area contributed by atoms with Gasteiger partial charge in [-0.05, 0) is 57.2 Å². The van der Waals surface area contributed by atoms with Crippen LogP contribution in [0.25, 0.3) is 0 Å². The first-order valence-electron chi connectivity index (χ1n) is 7.78. The van der Waals surface area contributed by atoms with Gasteiger partial charge in [-0.3, -0.25) is 4.79 Å². The Morgan fingerprint density at radius 2 is 2.14 bits per heavy atom. The average Bonchev–Trinajstić information content (AvgIpc) is 2.97. The number of amides is 1. The van der Waals surface area contributed by atoms with Crippen LogP contribution in [0.5, 0.6) is 0 Å². The van der Waals surface area contributed by atoms with Crippen molar-refractivity contribution in [3.8, 4) is 0 Å². The van der Waals surface area contributed by atoms with Crippen LogP contribution in [0.15, 0.2) is 30.3 Å². The molecule has 2 unspecified atom stereocenters. The molecule has 1 aromatic rings. The van der Waals surface area contributed by atoms with Crippen LogP contribution in [0, 0.1) is 5.92 Å². The second-order valence-electron chi connectivity index (χ2n) is 5.89. The number of hydrogen-bond acceptors (Lipinski definition) is 2. The summed E-state index contributed by atoms with van der Waals surface area (Å²) in [5.41, 5.74) is 1.34. The molecule has 118 valence electrons. The lowest BCUT2D eigenvalue weighted by Gasteiger charge is -2.15. The average molecular weight is 311 g/mol. The van der Waals surface area contributed by atoms with Gasteiger partial charge in [0, 0.05) is 12.5 Å². The Hall–Kier alpha value is -1.06. The zero-order chi connectivity index (χ0) is 14.2. The van der Waals surface area contributed by atoms with Crippen molar-refractivity contribution in [3.63, 3.8) is 0 Å². The Balaban J connectivity index is 0.00000220. The number of rotatable bonds is 7. The van der Waals surface area contributed by atoms with Crippen LogP contribution in [0.4, 0.5) is 0 Å². The normalized spacial score (nSPS) is 18.8. The van der Waals surface area contributed by atoms with Crippen molar-refractivity contribution in [2.75, 3.05) is 13.1 Å². The van der Waals surface area contributed by atoms with Crippen molar-refractivity contribution >= 4 is 18.3 Å². The third kappa shape index (κ3) is 6.96. The smallest absolute Gasteiger partial charge is 0.220 e. The molecule has 0 aliphatic carbocycles. The van der Waals surface area contributed by atoms with Gasteiger partial charge in [0.05, 0.1) is 0 Å². The molecule has 1 amide bonds. The Morgan fingerprint density at radius 3 is 2.81 bits per heavy atom. The highest BCUT2D eigenvalue weighted by atomic mass is 35.5. The monoisotopic (exact) mass is 310 g/mol. The van der Waals surface area contributed by atoms with E-state index in [9.17, 15) is 4.79 Å². The molecule has 0 saturated carbocycles. The summed E-state index contributed by atoms with van der Waals surface area (Å²) in [6.45, 7) is 4.29. The number of halogens is 1. The van der Waals surface area contributed by atoms with E-state index in [4.69, 9.17) is 0 Å². The predicted octanol–water partition coefficient (Wildman–Crippen LogP) is 2.94. The molecule has 0 spiro atoms. The van der Waals surface area contributed by atoms with Gasteiger partial charge in [-0.25, -0.2) is 0 Å². The van der Waals surface area contributed by atoms with E-state index in [0.717, 1.165) is 32.4 Å². The summed E-state index contributed by atoms with van der Waals surface area (Å²) in [5.74, 6) is 0.901. The summed E-state index contributed by atoms with van der Waals surface area (Å²) in [6.07, 6.45) is 4.93. The second kappa shape index (κ2) is 9.80. The van der Waals surface area contributed by atoms with Crippen molar-refractivity contribution in [3.05, 3.63) is 35.9 Å². The molecule has 1 saturated heterocycles. The fourth-order valence-electron chi connectivity index (χ4n) is 2.74. The highest BCUT2D eigenvalue weighted by Crippen LogP contribution is 2.14. The second-order valence-corrected chi connectivity index (χ2v) is 5.89. The maximum Gasteiger partial charge on any atom is 0.220 e. The van der Waals surface area contributed by atoms with Gasteiger partial charge in [0.2, 0.25) is 5.91 Å². The van der Waals surface area contributed by atoms with Gasteiger partial charge in [0.15, 0.2) is 0 Å². The zero-order valence-corrected chi connectivity index (χ0v) is 13.6. The number of hydrogen-bond donors (Lipinski definition) is 2. The Kier molecular flexibility index (Phi) is 8.40. The van der Waals surface area contributed by atoms with Gasteiger partial charge < -0.3 is 10.6 Å². The minimum Gasteiger partial charge on any atom is -0.354 e. The molecule has 1 aliphatic rings. The molecule has 4 heteroatoms. The first-order valence-corrected chi connectivity index (χ1v) is 7.78. The van der Waals surface area contributed by atoms with Crippen LogP contribution in [0.3, 0.4) is 0 Å². The summed E-state index contributed by atoms with van der Waals surface area (Å²) in [7, 11) is 0. The van der Waals surface area contributed by atoms with Gasteiger partial charge >= 0.3 is 0 Å². The van der Waals surface area contributed by atoms with Gasteiger partial charge in [0.25, 0.3) is 0 Å². The fourth-order valence-corrected chi connectivity index (χ4v) is 2.74. The topological polar surface area (TPSA) is 41.1 Å². The Bertz CT molecular complexity index is 405. The predicted molar refractivity (Wildman–Crippen MR) is 89.8 cm³/mol. The number of aryl methyl sites for hydroxylation is 1. The maximum absolute atomic E-state index is 11.9. The molecular formula is C17H27ClN2O. The molecule has 0 aromatic heterocycles. The van der Waals surface area contributed by atoms with Crippen LogP contribution in [0.1, 0.15) is 38.2 Å². The van der Waals surface area contributed by atoms with Gasteiger partial charge in [-0.15, -0.1) is 12.4 Å². The quantitative estimate of drug-likeness (QED) is 0.813. The van der Waals surface area contributed by atoms with Crippen LogP contribution >= 0.6 is 12.4 Å². The molecule has 3 nitrogen and oxygen atoms in total. The van der Waals surface area contributed by atoms with Crippen LogP contribution in [-0.4, -0.2) is 25.0 Å². The summed E-state index contributed by atoms with van der Waals surface area (Å²) in [6, 6.07) is 10.7. The number of carbonyl (C=O) groups is 1. The van der Waals surface area contributed by atoms with E-state index in [1.54, 1.807) is 0 Å². The largest absolute Gasteiger partial charge is 0.354 e. The molecule has 0 bridgehead atoms. The van der Waals surface area contributed by atoms with E-state index >= 15 is 0 Å². The van der Waals surface area contributed by atoms with Gasteiger partial charge in [-0.1, -0.05) is 30.3 Å². The molecule has 1 heterocycles. The minimum absolute atomic E-state index is 0. The standard InChI is InChI=1S/C17H26N2O.ClH/c1-14(7-8-15-5-3-2-4-6-15)19-17(20)10-9-16-11-12-18-13-16;/h2-6,14,16,18H,7-13H2,1H3,(H,19,20);1H. The molecule has 21 heavy (non-hydrogen) atoms. The molecule has 1 aliphatic heterocycles. The van der Waals surface area contributed by atoms with Crippen LogP contribution in [-0.2, 0) is 11.2 Å². The third-order valence-electron chi connectivity index (χ3n) is 4.06. The maximum atomic E-state index is 11.9. The van der Waals surface area contributed by atoms with Crippen molar-refractivity contribution in [1.29, 1.82) is 0 Å². The van der Waals surface area contributed by atoms with E-state index < -0.39 is 0 Å². The van der Waals surface area contributed by atoms with E-state index in [2.05, 4.69) is 41.8 Å². The van der Waals surface area contributed by atoms with Gasteiger partial charge in [-0.2, -0.15) is 0 Å². The molecule has 1 fully saturated rings. The molecule has 2 rings (SSSR count). The lowest BCUT2D eigenvalue weighted by atomic mass is 10.0. The van der Waals surface area contributed by atoms with E-state index in [0.29, 0.717) is 12.3 Å². The van der Waals surface area contributed by atoms with E-state index in [1.807, 2.05) is 6.07 Å². The lowest BCUT2D eigenvalue weighted by Crippen LogP contribution is -2.33. The first kappa shape index (κ1) is 18.0. The van der Waals surface area contributed by atoms with Crippen molar-refractivity contribution < 1.29 is 4.79 Å². The summed E-state index contributed by atoms with van der Waals surface area (Å²) in [4.78, 5) is 11.9.